The number of Topliss-reactive ketones (excluding diaryl/α,β-unsaturated/α-hetero) is 1. The molecule has 0 bridgehead atoms. The maximum absolute atomic E-state index is 11.8. The van der Waals surface area contributed by atoms with E-state index in [1.165, 1.54) is 6.92 Å². The Morgan fingerprint density at radius 1 is 1.50 bits per heavy atom. The fourth-order valence-corrected chi connectivity index (χ4v) is 1.27. The van der Waals surface area contributed by atoms with Crippen LogP contribution >= 0.6 is 0 Å². The first-order valence-corrected chi connectivity index (χ1v) is 4.51. The van der Waals surface area contributed by atoms with Crippen LogP contribution in [0.25, 0.3) is 0 Å². The Morgan fingerprint density at radius 2 is 2.07 bits per heavy atom. The van der Waals surface area contributed by atoms with Gasteiger partial charge < -0.3 is 5.11 Å². The first-order valence-electron chi connectivity index (χ1n) is 4.51. The highest BCUT2D eigenvalue weighted by Gasteiger charge is 2.29. The van der Waals surface area contributed by atoms with Gasteiger partial charge in [-0.15, -0.1) is 6.58 Å². The van der Waals surface area contributed by atoms with Crippen molar-refractivity contribution < 1.29 is 9.90 Å². The molecule has 2 heteroatoms. The molecule has 0 radical (unpaired) electrons. The number of ketones is 1. The van der Waals surface area contributed by atoms with Gasteiger partial charge in [-0.3, -0.25) is 4.79 Å². The zero-order valence-electron chi connectivity index (χ0n) is 8.23. The van der Waals surface area contributed by atoms with E-state index < -0.39 is 5.60 Å². The molecule has 0 amide bonds. The molecular weight excluding hydrogens is 176 g/mol. The largest absolute Gasteiger partial charge is 0.382 e. The van der Waals surface area contributed by atoms with Gasteiger partial charge in [-0.25, -0.2) is 0 Å². The molecule has 0 aliphatic rings. The number of aliphatic hydroxyl groups is 1. The summed E-state index contributed by atoms with van der Waals surface area (Å²) in [5.74, 6) is -0.266. The molecular formula is C12H14O2. The van der Waals surface area contributed by atoms with Gasteiger partial charge in [-0.1, -0.05) is 36.4 Å². The normalized spacial score (nSPS) is 14.4. The first kappa shape index (κ1) is 10.7. The molecule has 1 rings (SSSR count). The van der Waals surface area contributed by atoms with Crippen molar-refractivity contribution in [3.8, 4) is 0 Å². The zero-order chi connectivity index (χ0) is 10.6. The Hall–Kier alpha value is -1.41. The van der Waals surface area contributed by atoms with Crippen LogP contribution in [-0.2, 0) is 0 Å². The summed E-state index contributed by atoms with van der Waals surface area (Å²) in [5, 5.41) is 9.82. The average molecular weight is 190 g/mol. The van der Waals surface area contributed by atoms with Gasteiger partial charge in [0.1, 0.15) is 5.60 Å². The van der Waals surface area contributed by atoms with E-state index in [9.17, 15) is 9.90 Å². The Labute approximate surface area is 83.9 Å². The lowest BCUT2D eigenvalue weighted by Crippen LogP contribution is -2.34. The van der Waals surface area contributed by atoms with Crippen LogP contribution in [0.5, 0.6) is 0 Å². The molecule has 0 fully saturated rings. The second kappa shape index (κ2) is 4.20. The molecule has 1 aromatic carbocycles. The van der Waals surface area contributed by atoms with Gasteiger partial charge in [0.25, 0.3) is 0 Å². The van der Waals surface area contributed by atoms with E-state index in [-0.39, 0.29) is 12.2 Å². The van der Waals surface area contributed by atoms with Crippen molar-refractivity contribution in [1.29, 1.82) is 0 Å². The van der Waals surface area contributed by atoms with Gasteiger partial charge in [0.2, 0.25) is 0 Å². The molecule has 0 spiro atoms. The molecule has 1 unspecified atom stereocenters. The van der Waals surface area contributed by atoms with Crippen LogP contribution in [0.15, 0.2) is 43.0 Å². The van der Waals surface area contributed by atoms with Crippen LogP contribution in [0.3, 0.4) is 0 Å². The number of rotatable bonds is 4. The fourth-order valence-electron chi connectivity index (χ4n) is 1.27. The summed E-state index contributed by atoms with van der Waals surface area (Å²) >= 11 is 0. The SMILES string of the molecule is C=CCC(C)(O)C(=O)c1ccccc1. The molecule has 1 N–H and O–H groups in total. The summed E-state index contributed by atoms with van der Waals surface area (Å²) in [6.07, 6.45) is 1.81. The molecule has 14 heavy (non-hydrogen) atoms. The molecule has 0 aromatic heterocycles. The van der Waals surface area contributed by atoms with E-state index in [1.54, 1.807) is 30.3 Å². The third kappa shape index (κ3) is 2.30. The van der Waals surface area contributed by atoms with Crippen LogP contribution in [0.1, 0.15) is 23.7 Å². The number of carbonyl (C=O) groups excluding carboxylic acids is 1. The highest BCUT2D eigenvalue weighted by Crippen LogP contribution is 2.17. The molecule has 1 aromatic rings. The van der Waals surface area contributed by atoms with E-state index in [0.29, 0.717) is 5.56 Å². The molecule has 0 aliphatic heterocycles. The predicted molar refractivity (Wildman–Crippen MR) is 56.2 cm³/mol. The van der Waals surface area contributed by atoms with Gasteiger partial charge in [-0.05, 0) is 6.92 Å². The third-order valence-corrected chi connectivity index (χ3v) is 2.07. The van der Waals surface area contributed by atoms with Gasteiger partial charge >= 0.3 is 0 Å². The summed E-state index contributed by atoms with van der Waals surface area (Å²) in [6, 6.07) is 8.77. The maximum atomic E-state index is 11.8. The van der Waals surface area contributed by atoms with Gasteiger partial charge in [0.05, 0.1) is 0 Å². The lowest BCUT2D eigenvalue weighted by Gasteiger charge is -2.19. The molecule has 0 saturated carbocycles. The van der Waals surface area contributed by atoms with Gasteiger partial charge in [-0.2, -0.15) is 0 Å². The first-order chi connectivity index (χ1) is 6.58. The van der Waals surface area contributed by atoms with Crippen LogP contribution in [-0.4, -0.2) is 16.5 Å². The summed E-state index contributed by atoms with van der Waals surface area (Å²) in [4.78, 5) is 11.8. The minimum Gasteiger partial charge on any atom is -0.382 e. The van der Waals surface area contributed by atoms with E-state index >= 15 is 0 Å². The minimum absolute atomic E-state index is 0.265. The minimum atomic E-state index is -1.34. The molecule has 1 atom stereocenters. The lowest BCUT2D eigenvalue weighted by molar-refractivity contribution is 0.0421. The Kier molecular flexibility index (Phi) is 3.20. The number of hydrogen-bond donors (Lipinski definition) is 1. The molecule has 2 nitrogen and oxygen atoms in total. The molecule has 0 heterocycles. The van der Waals surface area contributed by atoms with E-state index in [2.05, 4.69) is 6.58 Å². The molecule has 74 valence electrons. The van der Waals surface area contributed by atoms with Crippen LogP contribution < -0.4 is 0 Å². The summed E-state index contributed by atoms with van der Waals surface area (Å²) in [6.45, 7) is 5.01. The topological polar surface area (TPSA) is 37.3 Å². The number of carbonyl (C=O) groups is 1. The summed E-state index contributed by atoms with van der Waals surface area (Å²) in [5.41, 5.74) is -0.817. The zero-order valence-corrected chi connectivity index (χ0v) is 8.23. The Balaban J connectivity index is 2.90. The quantitative estimate of drug-likeness (QED) is 0.583. The van der Waals surface area contributed by atoms with Crippen molar-refractivity contribution in [3.05, 3.63) is 48.6 Å². The Morgan fingerprint density at radius 3 is 2.57 bits per heavy atom. The van der Waals surface area contributed by atoms with Gasteiger partial charge in [0, 0.05) is 12.0 Å². The maximum Gasteiger partial charge on any atom is 0.194 e. The lowest BCUT2D eigenvalue weighted by atomic mass is 9.92. The summed E-state index contributed by atoms with van der Waals surface area (Å²) < 4.78 is 0. The second-order valence-electron chi connectivity index (χ2n) is 3.46. The number of benzene rings is 1. The van der Waals surface area contributed by atoms with Crippen molar-refractivity contribution in [1.82, 2.24) is 0 Å². The van der Waals surface area contributed by atoms with E-state index in [1.807, 2.05) is 6.07 Å². The highest BCUT2D eigenvalue weighted by molar-refractivity contribution is 6.02. The third-order valence-electron chi connectivity index (χ3n) is 2.07. The standard InChI is InChI=1S/C12H14O2/c1-3-9-12(2,14)11(13)10-7-5-4-6-8-10/h3-8,14H,1,9H2,2H3. The fraction of sp³-hybridized carbons (Fsp3) is 0.250. The van der Waals surface area contributed by atoms with E-state index in [4.69, 9.17) is 0 Å². The van der Waals surface area contributed by atoms with Crippen LogP contribution in [0, 0.1) is 0 Å². The van der Waals surface area contributed by atoms with Crippen LogP contribution in [0.4, 0.5) is 0 Å². The monoisotopic (exact) mass is 190 g/mol. The smallest absolute Gasteiger partial charge is 0.194 e. The van der Waals surface area contributed by atoms with Crippen molar-refractivity contribution >= 4 is 5.78 Å². The van der Waals surface area contributed by atoms with Crippen molar-refractivity contribution in [2.24, 2.45) is 0 Å². The van der Waals surface area contributed by atoms with Gasteiger partial charge in [0.15, 0.2) is 5.78 Å². The highest BCUT2D eigenvalue weighted by atomic mass is 16.3. The van der Waals surface area contributed by atoms with E-state index in [0.717, 1.165) is 0 Å². The van der Waals surface area contributed by atoms with Crippen molar-refractivity contribution in [2.45, 2.75) is 18.9 Å². The second-order valence-corrected chi connectivity index (χ2v) is 3.46. The van der Waals surface area contributed by atoms with Crippen LogP contribution in [0.2, 0.25) is 0 Å². The Bertz CT molecular complexity index is 325. The molecule has 0 saturated heterocycles. The predicted octanol–water partition coefficient (Wildman–Crippen LogP) is 2.20. The number of hydrogen-bond acceptors (Lipinski definition) is 2. The van der Waals surface area contributed by atoms with Crippen molar-refractivity contribution in [3.63, 3.8) is 0 Å². The summed E-state index contributed by atoms with van der Waals surface area (Å²) in [7, 11) is 0. The van der Waals surface area contributed by atoms with Crippen molar-refractivity contribution in [2.75, 3.05) is 0 Å². The average Bonchev–Trinajstić information content (AvgIpc) is 2.18. The molecule has 0 aliphatic carbocycles.